The minimum atomic E-state index is -4.33. The summed E-state index contributed by atoms with van der Waals surface area (Å²) < 4.78 is 43.1. The van der Waals surface area contributed by atoms with Crippen LogP contribution in [0.15, 0.2) is 47.6 Å². The van der Waals surface area contributed by atoms with E-state index < -0.39 is 11.7 Å². The molecule has 0 aliphatic carbocycles. The van der Waals surface area contributed by atoms with E-state index in [2.05, 4.69) is 15.3 Å². The van der Waals surface area contributed by atoms with Crippen LogP contribution in [0, 0.1) is 0 Å². The molecule has 0 spiro atoms. The fraction of sp³-hybridized carbons (Fsp3) is 0.333. The number of methoxy groups -OCH3 is 1. The minimum Gasteiger partial charge on any atom is -0.481 e. The van der Waals surface area contributed by atoms with Crippen molar-refractivity contribution in [3.63, 3.8) is 0 Å². The van der Waals surface area contributed by atoms with Crippen LogP contribution >= 0.6 is 24.0 Å². The highest BCUT2D eigenvalue weighted by Crippen LogP contribution is 2.29. The summed E-state index contributed by atoms with van der Waals surface area (Å²) >= 11 is 0. The smallest absolute Gasteiger partial charge is 0.416 e. The molecule has 148 valence electrons. The lowest BCUT2D eigenvalue weighted by Gasteiger charge is -2.22. The number of nitrogens with one attached hydrogen (secondary N) is 1. The molecule has 1 aromatic carbocycles. The second kappa shape index (κ2) is 10.3. The van der Waals surface area contributed by atoms with Crippen LogP contribution in [0.4, 0.5) is 13.2 Å². The molecule has 0 atom stereocenters. The molecule has 0 bridgehead atoms. The van der Waals surface area contributed by atoms with Gasteiger partial charge in [0.1, 0.15) is 0 Å². The normalized spacial score (nSPS) is 11.6. The summed E-state index contributed by atoms with van der Waals surface area (Å²) in [7, 11) is 5.01. The lowest BCUT2D eigenvalue weighted by Crippen LogP contribution is -2.38. The fourth-order valence-corrected chi connectivity index (χ4v) is 2.45. The summed E-state index contributed by atoms with van der Waals surface area (Å²) in [6.07, 6.45) is -2.68. The third-order valence-corrected chi connectivity index (χ3v) is 3.75. The Morgan fingerprint density at radius 1 is 1.22 bits per heavy atom. The highest BCUT2D eigenvalue weighted by molar-refractivity contribution is 14.0. The Bertz CT molecular complexity index is 751. The van der Waals surface area contributed by atoms with Gasteiger partial charge in [-0.05, 0) is 23.8 Å². The van der Waals surface area contributed by atoms with Crippen molar-refractivity contribution in [3.8, 4) is 5.88 Å². The molecular weight excluding hydrogens is 472 g/mol. The SMILES string of the molecule is CN=C(NCc1cccnc1OC)N(C)Cc1ccc(C(F)(F)F)cc1.I. The lowest BCUT2D eigenvalue weighted by atomic mass is 10.1. The van der Waals surface area contributed by atoms with Gasteiger partial charge in [-0.3, -0.25) is 4.99 Å². The first-order valence-electron chi connectivity index (χ1n) is 7.91. The number of ether oxygens (including phenoxy) is 1. The van der Waals surface area contributed by atoms with Crippen LogP contribution in [-0.4, -0.2) is 37.0 Å². The van der Waals surface area contributed by atoms with E-state index in [1.54, 1.807) is 20.4 Å². The molecule has 0 saturated heterocycles. The quantitative estimate of drug-likeness (QED) is 0.389. The molecule has 9 heteroatoms. The molecule has 0 saturated carbocycles. The summed E-state index contributed by atoms with van der Waals surface area (Å²) in [5, 5.41) is 3.19. The Kier molecular flexibility index (Phi) is 8.80. The average molecular weight is 494 g/mol. The van der Waals surface area contributed by atoms with Crippen LogP contribution in [0.2, 0.25) is 0 Å². The maximum Gasteiger partial charge on any atom is 0.416 e. The first-order valence-corrected chi connectivity index (χ1v) is 7.91. The Labute approximate surface area is 173 Å². The molecule has 1 N–H and O–H groups in total. The second-order valence-electron chi connectivity index (χ2n) is 5.62. The van der Waals surface area contributed by atoms with Crippen molar-refractivity contribution in [2.24, 2.45) is 4.99 Å². The van der Waals surface area contributed by atoms with E-state index in [4.69, 9.17) is 4.74 Å². The van der Waals surface area contributed by atoms with Crippen molar-refractivity contribution in [2.75, 3.05) is 21.2 Å². The van der Waals surface area contributed by atoms with Gasteiger partial charge >= 0.3 is 6.18 Å². The summed E-state index contributed by atoms with van der Waals surface area (Å²) in [5.74, 6) is 1.14. The first kappa shape index (κ1) is 23.0. The van der Waals surface area contributed by atoms with Crippen LogP contribution in [0.1, 0.15) is 16.7 Å². The molecule has 5 nitrogen and oxygen atoms in total. The number of rotatable bonds is 5. The van der Waals surface area contributed by atoms with Crippen molar-refractivity contribution in [1.29, 1.82) is 0 Å². The predicted molar refractivity (Wildman–Crippen MR) is 109 cm³/mol. The lowest BCUT2D eigenvalue weighted by molar-refractivity contribution is -0.137. The van der Waals surface area contributed by atoms with Gasteiger partial charge in [-0.1, -0.05) is 18.2 Å². The van der Waals surface area contributed by atoms with Gasteiger partial charge in [-0.2, -0.15) is 13.2 Å². The number of benzene rings is 1. The van der Waals surface area contributed by atoms with Gasteiger partial charge in [0.15, 0.2) is 5.96 Å². The number of hydrogen-bond donors (Lipinski definition) is 1. The fourth-order valence-electron chi connectivity index (χ4n) is 2.45. The van der Waals surface area contributed by atoms with E-state index in [-0.39, 0.29) is 24.0 Å². The molecule has 0 amide bonds. The van der Waals surface area contributed by atoms with Crippen molar-refractivity contribution in [1.82, 2.24) is 15.2 Å². The van der Waals surface area contributed by atoms with E-state index in [1.165, 1.54) is 12.1 Å². The number of nitrogens with zero attached hydrogens (tertiary/aromatic N) is 3. The van der Waals surface area contributed by atoms with Gasteiger partial charge in [0.05, 0.1) is 12.7 Å². The number of alkyl halides is 3. The molecule has 1 aromatic heterocycles. The van der Waals surface area contributed by atoms with E-state index >= 15 is 0 Å². The average Bonchev–Trinajstić information content (AvgIpc) is 2.62. The maximum absolute atomic E-state index is 12.6. The van der Waals surface area contributed by atoms with Crippen LogP contribution in [0.25, 0.3) is 0 Å². The Balaban J connectivity index is 0.00000364. The Hall–Kier alpha value is -2.04. The van der Waals surface area contributed by atoms with E-state index in [0.29, 0.717) is 24.9 Å². The second-order valence-corrected chi connectivity index (χ2v) is 5.62. The van der Waals surface area contributed by atoms with E-state index in [1.807, 2.05) is 24.1 Å². The van der Waals surface area contributed by atoms with Gasteiger partial charge in [-0.15, -0.1) is 24.0 Å². The highest BCUT2D eigenvalue weighted by atomic mass is 127. The van der Waals surface area contributed by atoms with Gasteiger partial charge in [0, 0.05) is 38.9 Å². The molecule has 0 aliphatic rings. The van der Waals surface area contributed by atoms with Crippen molar-refractivity contribution >= 4 is 29.9 Å². The van der Waals surface area contributed by atoms with E-state index in [0.717, 1.165) is 23.3 Å². The topological polar surface area (TPSA) is 49.8 Å². The number of aliphatic imine (C=N–C) groups is 1. The largest absolute Gasteiger partial charge is 0.481 e. The molecule has 2 rings (SSSR count). The standard InChI is InChI=1S/C18H21F3N4O.HI/c1-22-17(24-11-14-5-4-10-23-16(14)26-3)25(2)12-13-6-8-15(9-7-13)18(19,20)21;/h4-10H,11-12H2,1-3H3,(H,22,24);1H. The molecule has 27 heavy (non-hydrogen) atoms. The van der Waals surface area contributed by atoms with Gasteiger partial charge < -0.3 is 15.0 Å². The van der Waals surface area contributed by atoms with Crippen LogP contribution in [0.5, 0.6) is 5.88 Å². The van der Waals surface area contributed by atoms with Crippen molar-refractivity contribution in [2.45, 2.75) is 19.3 Å². The third-order valence-electron chi connectivity index (χ3n) is 3.75. The van der Waals surface area contributed by atoms with E-state index in [9.17, 15) is 13.2 Å². The molecule has 1 heterocycles. The number of pyridine rings is 1. The first-order chi connectivity index (χ1) is 12.3. The number of aromatic nitrogens is 1. The third kappa shape index (κ3) is 6.56. The molecule has 0 unspecified atom stereocenters. The van der Waals surface area contributed by atoms with Crippen LogP contribution < -0.4 is 10.1 Å². The Morgan fingerprint density at radius 3 is 2.44 bits per heavy atom. The molecule has 0 fully saturated rings. The summed E-state index contributed by atoms with van der Waals surface area (Å²) in [4.78, 5) is 10.2. The van der Waals surface area contributed by atoms with Crippen molar-refractivity contribution < 1.29 is 17.9 Å². The Morgan fingerprint density at radius 2 is 1.89 bits per heavy atom. The van der Waals surface area contributed by atoms with Gasteiger partial charge in [-0.25, -0.2) is 4.98 Å². The maximum atomic E-state index is 12.6. The number of guanidine groups is 1. The van der Waals surface area contributed by atoms with Crippen LogP contribution in [0.3, 0.4) is 0 Å². The van der Waals surface area contributed by atoms with Crippen molar-refractivity contribution in [3.05, 3.63) is 59.3 Å². The van der Waals surface area contributed by atoms with Gasteiger partial charge in [0.25, 0.3) is 0 Å². The summed E-state index contributed by atoms with van der Waals surface area (Å²) in [6.45, 7) is 0.878. The zero-order valence-corrected chi connectivity index (χ0v) is 17.6. The predicted octanol–water partition coefficient (Wildman–Crippen LogP) is 3.93. The van der Waals surface area contributed by atoms with Gasteiger partial charge in [0.2, 0.25) is 5.88 Å². The zero-order chi connectivity index (χ0) is 19.2. The number of halogens is 4. The van der Waals surface area contributed by atoms with Crippen LogP contribution in [-0.2, 0) is 19.3 Å². The summed E-state index contributed by atoms with van der Waals surface area (Å²) in [5.41, 5.74) is 0.969. The minimum absolute atomic E-state index is 0. The molecule has 0 radical (unpaired) electrons. The number of hydrogen-bond acceptors (Lipinski definition) is 3. The molecule has 2 aromatic rings. The zero-order valence-electron chi connectivity index (χ0n) is 15.2. The molecule has 0 aliphatic heterocycles. The monoisotopic (exact) mass is 494 g/mol. The summed E-state index contributed by atoms with van der Waals surface area (Å²) in [6, 6.07) is 8.81. The molecular formula is C18H22F3IN4O. The highest BCUT2D eigenvalue weighted by Gasteiger charge is 2.29.